The van der Waals surface area contributed by atoms with Gasteiger partial charge in [-0.15, -0.1) is 6.42 Å². The first-order valence-electron chi connectivity index (χ1n) is 4.97. The first-order valence-corrected chi connectivity index (χ1v) is 4.97. The molecule has 1 rings (SSSR count). The monoisotopic (exact) mass is 205 g/mol. The average Bonchev–Trinajstić information content (AvgIpc) is 2.67. The Hall–Kier alpha value is -1.60. The largest absolute Gasteiger partial charge is 0.299 e. The van der Waals surface area contributed by atoms with E-state index in [4.69, 9.17) is 6.42 Å². The second kappa shape index (κ2) is 5.99. The number of rotatable bonds is 6. The molecule has 0 aliphatic carbocycles. The maximum absolute atomic E-state index is 11.6. The van der Waals surface area contributed by atoms with Crippen molar-refractivity contribution < 1.29 is 4.79 Å². The lowest BCUT2D eigenvalue weighted by Crippen LogP contribution is -2.22. The van der Waals surface area contributed by atoms with Crippen molar-refractivity contribution in [3.8, 4) is 12.3 Å². The number of nitrogens with one attached hydrogen (secondary N) is 1. The molecule has 15 heavy (non-hydrogen) atoms. The summed E-state index contributed by atoms with van der Waals surface area (Å²) >= 11 is 0. The number of hydrogen-bond acceptors (Lipinski definition) is 3. The van der Waals surface area contributed by atoms with Crippen LogP contribution in [0, 0.1) is 12.3 Å². The first-order chi connectivity index (χ1) is 7.27. The van der Waals surface area contributed by atoms with Crippen LogP contribution in [0.15, 0.2) is 12.4 Å². The van der Waals surface area contributed by atoms with Gasteiger partial charge in [0.1, 0.15) is 0 Å². The van der Waals surface area contributed by atoms with E-state index in [-0.39, 0.29) is 12.3 Å². The Morgan fingerprint density at radius 1 is 1.73 bits per heavy atom. The van der Waals surface area contributed by atoms with Gasteiger partial charge in [-0.2, -0.15) is 5.10 Å². The number of carbonyl (C=O) groups is 1. The Bertz CT molecular complexity index is 362. The summed E-state index contributed by atoms with van der Waals surface area (Å²) < 4.78 is 1.77. The molecule has 0 amide bonds. The van der Waals surface area contributed by atoms with Crippen molar-refractivity contribution in [3.63, 3.8) is 0 Å². The van der Waals surface area contributed by atoms with Crippen LogP contribution in [-0.2, 0) is 6.54 Å². The Balaban J connectivity index is 2.47. The van der Waals surface area contributed by atoms with Gasteiger partial charge in [0.25, 0.3) is 0 Å². The van der Waals surface area contributed by atoms with Gasteiger partial charge >= 0.3 is 0 Å². The predicted octanol–water partition coefficient (Wildman–Crippen LogP) is 0.699. The van der Waals surface area contributed by atoms with Crippen molar-refractivity contribution in [1.29, 1.82) is 0 Å². The van der Waals surface area contributed by atoms with Gasteiger partial charge in [0.15, 0.2) is 5.78 Å². The predicted molar refractivity (Wildman–Crippen MR) is 58.6 cm³/mol. The molecule has 0 saturated carbocycles. The van der Waals surface area contributed by atoms with Crippen LogP contribution < -0.4 is 5.32 Å². The molecular formula is C11H15N3O. The van der Waals surface area contributed by atoms with E-state index in [9.17, 15) is 4.79 Å². The number of hydrogen-bond donors (Lipinski definition) is 1. The highest BCUT2D eigenvalue weighted by atomic mass is 16.1. The summed E-state index contributed by atoms with van der Waals surface area (Å²) in [6.45, 7) is 3.58. The Labute approximate surface area is 89.7 Å². The highest BCUT2D eigenvalue weighted by Gasteiger charge is 2.07. The standard InChI is InChI=1S/C11H15N3O/c1-3-5-12-8-11(15)10-7-13-14(9-10)6-4-2/h1,7,9,12H,4-6,8H2,2H3. The zero-order valence-electron chi connectivity index (χ0n) is 8.86. The van der Waals surface area contributed by atoms with Gasteiger partial charge in [-0.3, -0.25) is 14.8 Å². The fraction of sp³-hybridized carbons (Fsp3) is 0.455. The third-order valence-electron chi connectivity index (χ3n) is 1.92. The molecule has 0 saturated heterocycles. The molecule has 1 aromatic heterocycles. The third kappa shape index (κ3) is 3.56. The first kappa shape index (κ1) is 11.5. The molecule has 0 aliphatic rings. The van der Waals surface area contributed by atoms with Gasteiger partial charge in [0.05, 0.1) is 24.8 Å². The Morgan fingerprint density at radius 3 is 3.20 bits per heavy atom. The van der Waals surface area contributed by atoms with Gasteiger partial charge in [0, 0.05) is 12.7 Å². The van der Waals surface area contributed by atoms with E-state index >= 15 is 0 Å². The highest BCUT2D eigenvalue weighted by Crippen LogP contribution is 1.99. The number of aromatic nitrogens is 2. The summed E-state index contributed by atoms with van der Waals surface area (Å²) in [5.74, 6) is 2.44. The van der Waals surface area contributed by atoms with Crippen molar-refractivity contribution >= 4 is 5.78 Å². The molecule has 0 bridgehead atoms. The van der Waals surface area contributed by atoms with E-state index in [0.29, 0.717) is 12.1 Å². The molecule has 0 unspecified atom stereocenters. The summed E-state index contributed by atoms with van der Waals surface area (Å²) in [4.78, 5) is 11.6. The summed E-state index contributed by atoms with van der Waals surface area (Å²) in [5, 5.41) is 6.93. The van der Waals surface area contributed by atoms with Crippen LogP contribution in [0.3, 0.4) is 0 Å². The third-order valence-corrected chi connectivity index (χ3v) is 1.92. The maximum atomic E-state index is 11.6. The number of carbonyl (C=O) groups excluding carboxylic acids is 1. The van der Waals surface area contributed by atoms with Crippen molar-refractivity contribution in [1.82, 2.24) is 15.1 Å². The molecule has 80 valence electrons. The lowest BCUT2D eigenvalue weighted by Gasteiger charge is -1.97. The molecule has 4 heteroatoms. The van der Waals surface area contributed by atoms with E-state index in [2.05, 4.69) is 23.3 Å². The molecule has 0 aromatic carbocycles. The van der Waals surface area contributed by atoms with E-state index in [1.165, 1.54) is 0 Å². The van der Waals surface area contributed by atoms with Crippen LogP contribution in [0.5, 0.6) is 0 Å². The number of terminal acetylenes is 1. The molecule has 0 radical (unpaired) electrons. The topological polar surface area (TPSA) is 46.9 Å². The van der Waals surface area contributed by atoms with Crippen molar-refractivity contribution in [2.75, 3.05) is 13.1 Å². The molecule has 1 N–H and O–H groups in total. The quantitative estimate of drug-likeness (QED) is 0.422. The summed E-state index contributed by atoms with van der Waals surface area (Å²) in [7, 11) is 0. The summed E-state index contributed by atoms with van der Waals surface area (Å²) in [6.07, 6.45) is 9.42. The van der Waals surface area contributed by atoms with Crippen LogP contribution in [0.4, 0.5) is 0 Å². The number of nitrogens with zero attached hydrogens (tertiary/aromatic N) is 2. The van der Waals surface area contributed by atoms with Crippen molar-refractivity contribution in [3.05, 3.63) is 18.0 Å². The number of ketones is 1. The lowest BCUT2D eigenvalue weighted by atomic mass is 10.2. The van der Waals surface area contributed by atoms with Gasteiger partial charge in [-0.25, -0.2) is 0 Å². The van der Waals surface area contributed by atoms with Gasteiger partial charge in [0.2, 0.25) is 0 Å². The van der Waals surface area contributed by atoms with E-state index in [1.807, 2.05) is 0 Å². The lowest BCUT2D eigenvalue weighted by molar-refractivity contribution is 0.0992. The SMILES string of the molecule is C#CCNCC(=O)c1cnn(CCC)c1. The molecular weight excluding hydrogens is 190 g/mol. The van der Waals surface area contributed by atoms with Gasteiger partial charge < -0.3 is 0 Å². The minimum Gasteiger partial charge on any atom is -0.299 e. The van der Waals surface area contributed by atoms with Crippen LogP contribution in [0.2, 0.25) is 0 Å². The maximum Gasteiger partial charge on any atom is 0.179 e. The van der Waals surface area contributed by atoms with Crippen LogP contribution in [0.25, 0.3) is 0 Å². The zero-order chi connectivity index (χ0) is 11.1. The van der Waals surface area contributed by atoms with E-state index in [0.717, 1.165) is 13.0 Å². The summed E-state index contributed by atoms with van der Waals surface area (Å²) in [5.41, 5.74) is 0.632. The Kier molecular flexibility index (Phi) is 4.58. The van der Waals surface area contributed by atoms with Gasteiger partial charge in [-0.1, -0.05) is 12.8 Å². The van der Waals surface area contributed by atoms with Crippen molar-refractivity contribution in [2.24, 2.45) is 0 Å². The zero-order valence-corrected chi connectivity index (χ0v) is 8.86. The van der Waals surface area contributed by atoms with Gasteiger partial charge in [-0.05, 0) is 6.42 Å². The fourth-order valence-corrected chi connectivity index (χ4v) is 1.21. The second-order valence-electron chi connectivity index (χ2n) is 3.22. The fourth-order valence-electron chi connectivity index (χ4n) is 1.21. The van der Waals surface area contributed by atoms with E-state index in [1.54, 1.807) is 17.1 Å². The minimum absolute atomic E-state index is 0.0209. The van der Waals surface area contributed by atoms with Crippen LogP contribution in [0.1, 0.15) is 23.7 Å². The molecule has 1 aromatic rings. The molecule has 0 fully saturated rings. The molecule has 1 heterocycles. The molecule has 0 spiro atoms. The minimum atomic E-state index is 0.0209. The normalized spacial score (nSPS) is 9.87. The van der Waals surface area contributed by atoms with Crippen LogP contribution >= 0.6 is 0 Å². The highest BCUT2D eigenvalue weighted by molar-refractivity contribution is 5.97. The van der Waals surface area contributed by atoms with E-state index < -0.39 is 0 Å². The number of Topliss-reactive ketones (excluding diaryl/α,β-unsaturated/α-hetero) is 1. The molecule has 4 nitrogen and oxygen atoms in total. The molecule has 0 aliphatic heterocycles. The average molecular weight is 205 g/mol. The number of aryl methyl sites for hydroxylation is 1. The smallest absolute Gasteiger partial charge is 0.179 e. The molecule has 0 atom stereocenters. The van der Waals surface area contributed by atoms with Crippen molar-refractivity contribution in [2.45, 2.75) is 19.9 Å². The second-order valence-corrected chi connectivity index (χ2v) is 3.22. The van der Waals surface area contributed by atoms with Crippen LogP contribution in [-0.4, -0.2) is 28.7 Å². The Morgan fingerprint density at radius 2 is 2.53 bits per heavy atom. The summed E-state index contributed by atoms with van der Waals surface area (Å²) in [6, 6.07) is 0.